The normalized spacial score (nSPS) is 19.0. The predicted octanol–water partition coefficient (Wildman–Crippen LogP) is 4.17. The second kappa shape index (κ2) is 13.7. The van der Waals surface area contributed by atoms with E-state index in [2.05, 4.69) is 0 Å². The van der Waals surface area contributed by atoms with Crippen LogP contribution in [0.25, 0.3) is 0 Å². The summed E-state index contributed by atoms with van der Waals surface area (Å²) in [6, 6.07) is 12.7. The van der Waals surface area contributed by atoms with Gasteiger partial charge in [0.2, 0.25) is 0 Å². The number of sulfone groups is 1. The number of hydrogen-bond donors (Lipinski definition) is 1. The lowest BCUT2D eigenvalue weighted by molar-refractivity contribution is -0.0432. The number of likely N-dealkylation sites (tertiary alicyclic amines) is 1. The Bertz CT molecular complexity index is 1410. The van der Waals surface area contributed by atoms with Gasteiger partial charge in [-0.3, -0.25) is 0 Å². The maximum Gasteiger partial charge on any atom is 0.410 e. The Morgan fingerprint density at radius 2 is 1.82 bits per heavy atom. The maximum absolute atomic E-state index is 14.7. The molecule has 0 saturated carbocycles. The molecule has 2 saturated heterocycles. The molecule has 0 unspecified atom stereocenters. The van der Waals surface area contributed by atoms with E-state index >= 15 is 0 Å². The molecule has 0 radical (unpaired) electrons. The number of aliphatic hydroxyl groups is 1. The summed E-state index contributed by atoms with van der Waals surface area (Å²) in [6.07, 6.45) is 0.172. The van der Waals surface area contributed by atoms with Crippen LogP contribution in [0.1, 0.15) is 45.6 Å². The van der Waals surface area contributed by atoms with Gasteiger partial charge in [0, 0.05) is 19.3 Å². The topological polar surface area (TPSA) is 132 Å². The summed E-state index contributed by atoms with van der Waals surface area (Å²) in [7, 11) is -3.82. The van der Waals surface area contributed by atoms with Crippen LogP contribution < -0.4 is 4.74 Å². The molecule has 2 aromatic carbocycles. The van der Waals surface area contributed by atoms with Gasteiger partial charge >= 0.3 is 12.2 Å². The molecule has 2 amide bonds. The Balaban J connectivity index is 1.36. The molecule has 44 heavy (non-hydrogen) atoms. The first kappa shape index (κ1) is 33.5. The van der Waals surface area contributed by atoms with Crippen LogP contribution in [-0.4, -0.2) is 98.0 Å². The van der Waals surface area contributed by atoms with Gasteiger partial charge in [-0.1, -0.05) is 36.4 Å². The summed E-state index contributed by atoms with van der Waals surface area (Å²) in [6.45, 7) is 5.87. The molecule has 2 atom stereocenters. The van der Waals surface area contributed by atoms with Crippen molar-refractivity contribution in [2.24, 2.45) is 0 Å². The predicted molar refractivity (Wildman–Crippen MR) is 158 cm³/mol. The highest BCUT2D eigenvalue weighted by Crippen LogP contribution is 2.38. The molecular weight excluding hydrogens is 595 g/mol. The Morgan fingerprint density at radius 1 is 1.14 bits per heavy atom. The molecule has 0 bridgehead atoms. The molecule has 1 spiro atoms. The van der Waals surface area contributed by atoms with Gasteiger partial charge in [0.1, 0.15) is 29.8 Å². The summed E-state index contributed by atoms with van der Waals surface area (Å²) in [5.41, 5.74) is -0.453. The SMILES string of the molecule is CC(C)(C)OC(=O)N(C[C@H](O)COc1cccc(S(C)(=O)=O)c1F)[C@@H]1COC2(CCN(C(=O)OCc3ccccc3)CC2)C1. The van der Waals surface area contributed by atoms with Gasteiger partial charge in [0.25, 0.3) is 0 Å². The minimum Gasteiger partial charge on any atom is -0.488 e. The van der Waals surface area contributed by atoms with Gasteiger partial charge in [-0.05, 0) is 57.7 Å². The minimum absolute atomic E-state index is 0.187. The average molecular weight is 637 g/mol. The molecule has 0 aromatic heterocycles. The van der Waals surface area contributed by atoms with Gasteiger partial charge in [-0.15, -0.1) is 0 Å². The Kier molecular flexibility index (Phi) is 10.4. The van der Waals surface area contributed by atoms with E-state index < -0.39 is 62.7 Å². The van der Waals surface area contributed by atoms with E-state index in [0.717, 1.165) is 17.9 Å². The fraction of sp³-hybridized carbons (Fsp3) is 0.548. The van der Waals surface area contributed by atoms with Crippen LogP contribution in [0.4, 0.5) is 14.0 Å². The van der Waals surface area contributed by atoms with E-state index in [4.69, 9.17) is 18.9 Å². The number of nitrogens with zero attached hydrogens (tertiary/aromatic N) is 2. The summed E-state index contributed by atoms with van der Waals surface area (Å²) >= 11 is 0. The highest BCUT2D eigenvalue weighted by atomic mass is 32.2. The molecule has 13 heteroatoms. The van der Waals surface area contributed by atoms with Crippen molar-refractivity contribution in [3.63, 3.8) is 0 Å². The second-order valence-electron chi connectivity index (χ2n) is 12.3. The molecule has 11 nitrogen and oxygen atoms in total. The number of piperidine rings is 1. The quantitative estimate of drug-likeness (QED) is 0.431. The van der Waals surface area contributed by atoms with Crippen molar-refractivity contribution >= 4 is 22.0 Å². The first-order valence-corrected chi connectivity index (χ1v) is 16.4. The van der Waals surface area contributed by atoms with Gasteiger partial charge in [0.15, 0.2) is 21.4 Å². The van der Waals surface area contributed by atoms with Gasteiger partial charge in [-0.2, -0.15) is 0 Å². The third kappa shape index (κ3) is 8.82. The summed E-state index contributed by atoms with van der Waals surface area (Å²) in [5, 5.41) is 10.8. The van der Waals surface area contributed by atoms with E-state index in [1.807, 2.05) is 30.3 Å². The lowest BCUT2D eigenvalue weighted by Gasteiger charge is -2.38. The number of rotatable bonds is 9. The number of benzene rings is 2. The Morgan fingerprint density at radius 3 is 2.45 bits per heavy atom. The largest absolute Gasteiger partial charge is 0.488 e. The highest BCUT2D eigenvalue weighted by Gasteiger charge is 2.47. The van der Waals surface area contributed by atoms with Crippen LogP contribution in [0, 0.1) is 5.82 Å². The molecule has 1 N–H and O–H groups in total. The summed E-state index contributed by atoms with van der Waals surface area (Å²) < 4.78 is 61.2. The zero-order valence-electron chi connectivity index (χ0n) is 25.5. The van der Waals surface area contributed by atoms with E-state index in [0.29, 0.717) is 32.4 Å². The average Bonchev–Trinajstić information content (AvgIpc) is 3.36. The van der Waals surface area contributed by atoms with Gasteiger partial charge in [-0.25, -0.2) is 22.4 Å². The maximum atomic E-state index is 14.7. The second-order valence-corrected chi connectivity index (χ2v) is 14.3. The van der Waals surface area contributed by atoms with Crippen LogP contribution in [0.2, 0.25) is 0 Å². The van der Waals surface area contributed by atoms with E-state index in [1.165, 1.54) is 17.0 Å². The molecule has 4 rings (SSSR count). The number of hydrogen-bond acceptors (Lipinski definition) is 9. The van der Waals surface area contributed by atoms with Crippen molar-refractivity contribution in [3.05, 3.63) is 59.9 Å². The van der Waals surface area contributed by atoms with Crippen molar-refractivity contribution in [3.8, 4) is 5.75 Å². The van der Waals surface area contributed by atoms with E-state index in [1.54, 1.807) is 25.7 Å². The molecule has 2 aromatic rings. The number of ether oxygens (including phenoxy) is 4. The fourth-order valence-corrected chi connectivity index (χ4v) is 6.08. The molecule has 0 aliphatic carbocycles. The smallest absolute Gasteiger partial charge is 0.410 e. The van der Waals surface area contributed by atoms with Gasteiger partial charge < -0.3 is 33.9 Å². The van der Waals surface area contributed by atoms with Crippen LogP contribution in [0.3, 0.4) is 0 Å². The molecule has 2 heterocycles. The monoisotopic (exact) mass is 636 g/mol. The number of amides is 2. The van der Waals surface area contributed by atoms with Crippen LogP contribution in [-0.2, 0) is 30.7 Å². The van der Waals surface area contributed by atoms with E-state index in [9.17, 15) is 27.5 Å². The number of carbonyl (C=O) groups excluding carboxylic acids is 2. The van der Waals surface area contributed by atoms with Crippen LogP contribution in [0.15, 0.2) is 53.4 Å². The number of aliphatic hydroxyl groups excluding tert-OH is 1. The van der Waals surface area contributed by atoms with Crippen LogP contribution >= 0.6 is 0 Å². The van der Waals surface area contributed by atoms with Crippen LogP contribution in [0.5, 0.6) is 5.75 Å². The molecular formula is C31H41FN2O9S. The number of carbonyl (C=O) groups is 2. The third-order valence-corrected chi connectivity index (χ3v) is 8.68. The Hall–Kier alpha value is -3.42. The Labute approximate surface area is 257 Å². The summed E-state index contributed by atoms with van der Waals surface area (Å²) in [4.78, 5) is 28.4. The summed E-state index contributed by atoms with van der Waals surface area (Å²) in [5.74, 6) is -1.37. The lowest BCUT2D eigenvalue weighted by Crippen LogP contribution is -2.50. The van der Waals surface area contributed by atoms with Crippen molar-refractivity contribution in [1.82, 2.24) is 9.80 Å². The first-order chi connectivity index (χ1) is 20.7. The zero-order chi connectivity index (χ0) is 32.1. The van der Waals surface area contributed by atoms with Crippen molar-refractivity contribution in [2.75, 3.05) is 39.1 Å². The minimum atomic E-state index is -3.82. The van der Waals surface area contributed by atoms with E-state index in [-0.39, 0.29) is 25.5 Å². The fourth-order valence-electron chi connectivity index (χ4n) is 5.32. The third-order valence-electron chi connectivity index (χ3n) is 7.56. The lowest BCUT2D eigenvalue weighted by atomic mass is 9.87. The zero-order valence-corrected chi connectivity index (χ0v) is 26.3. The first-order valence-electron chi connectivity index (χ1n) is 14.5. The molecule has 242 valence electrons. The highest BCUT2D eigenvalue weighted by molar-refractivity contribution is 7.90. The van der Waals surface area contributed by atoms with Crippen molar-refractivity contribution in [2.45, 2.75) is 74.9 Å². The standard InChI is InChI=1S/C31H41FN2O9S/c1-30(2,3)43-29(37)34(18-24(35)21-40-25-11-8-12-26(27(25)32)44(4,38)39)23-17-31(42-20-23)13-15-33(16-14-31)28(36)41-19-22-9-6-5-7-10-22/h5-12,23-24,35H,13-21H2,1-4H3/t23-,24-/m0/s1. The van der Waals surface area contributed by atoms with Crippen molar-refractivity contribution < 1.29 is 46.5 Å². The van der Waals surface area contributed by atoms with Gasteiger partial charge in [0.05, 0.1) is 24.8 Å². The molecule has 2 aliphatic heterocycles. The molecule has 2 aliphatic rings. The number of halogens is 1. The van der Waals surface area contributed by atoms with Crippen molar-refractivity contribution in [1.29, 1.82) is 0 Å². The molecule has 2 fully saturated rings.